The summed E-state index contributed by atoms with van der Waals surface area (Å²) in [4.78, 5) is 21.3. The number of benzene rings is 2. The fraction of sp³-hybridized carbons (Fsp3) is 0.409. The number of likely N-dealkylation sites (tertiary alicyclic amines) is 1. The number of carbonyl (C=O) groups excluding carboxylic acids is 1. The molecule has 1 atom stereocenters. The number of rotatable bonds is 4. The Hall–Kier alpha value is -2.21. The molecule has 0 radical (unpaired) electrons. The summed E-state index contributed by atoms with van der Waals surface area (Å²) in [5.41, 5.74) is 1.75. The van der Waals surface area contributed by atoms with Crippen molar-refractivity contribution in [2.45, 2.75) is 30.9 Å². The fourth-order valence-corrected chi connectivity index (χ4v) is 4.17. The Labute approximate surface area is 160 Å². The highest BCUT2D eigenvalue weighted by Crippen LogP contribution is 2.38. The highest BCUT2D eigenvalue weighted by molar-refractivity contribution is 5.88. The van der Waals surface area contributed by atoms with Crippen molar-refractivity contribution in [1.29, 1.82) is 0 Å². The highest BCUT2D eigenvalue weighted by Gasteiger charge is 2.47. The van der Waals surface area contributed by atoms with Crippen LogP contribution in [0.1, 0.15) is 24.0 Å². The Bertz CT molecular complexity index is 758. The largest absolute Gasteiger partial charge is 0.389 e. The summed E-state index contributed by atoms with van der Waals surface area (Å²) in [6, 6.07) is 20.5. The molecule has 2 aliphatic rings. The van der Waals surface area contributed by atoms with Crippen molar-refractivity contribution in [3.63, 3.8) is 0 Å². The number of aliphatic hydroxyl groups is 1. The van der Waals surface area contributed by atoms with Gasteiger partial charge in [-0.15, -0.1) is 0 Å². The van der Waals surface area contributed by atoms with Crippen LogP contribution in [-0.4, -0.2) is 53.3 Å². The minimum atomic E-state index is -0.597. The van der Waals surface area contributed by atoms with Gasteiger partial charge in [0.1, 0.15) is 6.61 Å². The lowest BCUT2D eigenvalue weighted by molar-refractivity contribution is -0.177. The van der Waals surface area contributed by atoms with Gasteiger partial charge in [0.15, 0.2) is 0 Å². The van der Waals surface area contributed by atoms with E-state index in [-0.39, 0.29) is 19.1 Å². The average Bonchev–Trinajstić information content (AvgIpc) is 3.16. The first-order valence-corrected chi connectivity index (χ1v) is 9.62. The van der Waals surface area contributed by atoms with Crippen LogP contribution < -0.4 is 0 Å². The van der Waals surface area contributed by atoms with Crippen molar-refractivity contribution >= 4 is 5.91 Å². The molecule has 0 aliphatic carbocycles. The smallest absolute Gasteiger partial charge is 0.256 e. The molecule has 2 saturated heterocycles. The Morgan fingerprint density at radius 1 is 1.04 bits per heavy atom. The van der Waals surface area contributed by atoms with Gasteiger partial charge in [0, 0.05) is 6.54 Å². The number of hydrogen-bond acceptors (Lipinski definition) is 4. The normalized spacial score (nSPS) is 22.7. The number of hydroxylamine groups is 2. The van der Waals surface area contributed by atoms with E-state index in [4.69, 9.17) is 4.84 Å². The van der Waals surface area contributed by atoms with Gasteiger partial charge in [-0.3, -0.25) is 14.5 Å². The van der Waals surface area contributed by atoms with Crippen LogP contribution in [0.2, 0.25) is 0 Å². The standard InChI is InChI=1S/C22H26N2O3/c25-20-16-24(27-17-20)21(26)22(19-9-5-2-6-10-19)11-13-23(14-12-22)15-18-7-3-1-4-8-18/h1-10,20,25H,11-17H2/t20-/m0/s1. The molecule has 1 amide bonds. The molecular formula is C22H26N2O3. The van der Waals surface area contributed by atoms with E-state index >= 15 is 0 Å². The maximum atomic E-state index is 13.4. The summed E-state index contributed by atoms with van der Waals surface area (Å²) < 4.78 is 0. The van der Waals surface area contributed by atoms with Gasteiger partial charge in [0.2, 0.25) is 0 Å². The van der Waals surface area contributed by atoms with Crippen molar-refractivity contribution in [3.05, 3.63) is 71.8 Å². The molecule has 2 heterocycles. The third kappa shape index (κ3) is 3.76. The third-order valence-electron chi connectivity index (χ3n) is 5.72. The molecule has 0 bridgehead atoms. The van der Waals surface area contributed by atoms with E-state index in [1.807, 2.05) is 36.4 Å². The van der Waals surface area contributed by atoms with Gasteiger partial charge in [-0.05, 0) is 37.1 Å². The predicted octanol–water partition coefficient (Wildman–Crippen LogP) is 2.36. The van der Waals surface area contributed by atoms with Crippen molar-refractivity contribution < 1.29 is 14.7 Å². The molecular weight excluding hydrogens is 340 g/mol. The van der Waals surface area contributed by atoms with Crippen LogP contribution in [0.15, 0.2) is 60.7 Å². The van der Waals surface area contributed by atoms with Crippen LogP contribution in [-0.2, 0) is 21.6 Å². The quantitative estimate of drug-likeness (QED) is 0.903. The molecule has 0 spiro atoms. The SMILES string of the molecule is O=C(N1C[C@H](O)CO1)C1(c2ccccc2)CCN(Cc2ccccc2)CC1. The first-order chi connectivity index (χ1) is 13.2. The van der Waals surface area contributed by atoms with Crippen molar-refractivity contribution in [2.24, 2.45) is 0 Å². The second-order valence-corrected chi connectivity index (χ2v) is 7.53. The molecule has 2 aromatic rings. The van der Waals surface area contributed by atoms with E-state index in [0.29, 0.717) is 0 Å². The van der Waals surface area contributed by atoms with Gasteiger partial charge in [0.05, 0.1) is 18.1 Å². The zero-order valence-corrected chi connectivity index (χ0v) is 15.5. The Kier molecular flexibility index (Phi) is 5.25. The van der Waals surface area contributed by atoms with Crippen LogP contribution >= 0.6 is 0 Å². The van der Waals surface area contributed by atoms with Gasteiger partial charge < -0.3 is 5.11 Å². The molecule has 27 heavy (non-hydrogen) atoms. The minimum absolute atomic E-state index is 0.0235. The molecule has 0 saturated carbocycles. The van der Waals surface area contributed by atoms with Crippen LogP contribution in [0.4, 0.5) is 0 Å². The molecule has 142 valence electrons. The van der Waals surface area contributed by atoms with E-state index in [1.54, 1.807) is 0 Å². The average molecular weight is 366 g/mol. The summed E-state index contributed by atoms with van der Waals surface area (Å²) in [5.74, 6) is -0.0235. The van der Waals surface area contributed by atoms with Crippen molar-refractivity contribution in [1.82, 2.24) is 9.96 Å². The van der Waals surface area contributed by atoms with Gasteiger partial charge in [-0.1, -0.05) is 60.7 Å². The zero-order chi connectivity index (χ0) is 18.7. The highest BCUT2D eigenvalue weighted by atomic mass is 16.7. The molecule has 5 heteroatoms. The van der Waals surface area contributed by atoms with E-state index in [9.17, 15) is 9.90 Å². The number of carbonyl (C=O) groups is 1. The van der Waals surface area contributed by atoms with Crippen molar-refractivity contribution in [2.75, 3.05) is 26.2 Å². The molecule has 2 aromatic carbocycles. The van der Waals surface area contributed by atoms with E-state index in [0.717, 1.165) is 38.0 Å². The summed E-state index contributed by atoms with van der Waals surface area (Å²) in [7, 11) is 0. The second kappa shape index (κ2) is 7.80. The number of β-amino-alcohol motifs (C(OH)–C–C–N with tert-alkyl or cyclic N) is 1. The molecule has 1 N–H and O–H groups in total. The van der Waals surface area contributed by atoms with Crippen LogP contribution in [0.5, 0.6) is 0 Å². The first kappa shape index (κ1) is 18.2. The lowest BCUT2D eigenvalue weighted by atomic mass is 9.71. The van der Waals surface area contributed by atoms with Crippen LogP contribution in [0.25, 0.3) is 0 Å². The lowest BCUT2D eigenvalue weighted by Gasteiger charge is -2.42. The predicted molar refractivity (Wildman–Crippen MR) is 103 cm³/mol. The van der Waals surface area contributed by atoms with E-state index < -0.39 is 11.5 Å². The van der Waals surface area contributed by atoms with Crippen molar-refractivity contribution in [3.8, 4) is 0 Å². The van der Waals surface area contributed by atoms with Crippen LogP contribution in [0.3, 0.4) is 0 Å². The fourth-order valence-electron chi connectivity index (χ4n) is 4.17. The lowest BCUT2D eigenvalue weighted by Crippen LogP contribution is -2.52. The summed E-state index contributed by atoms with van der Waals surface area (Å²) >= 11 is 0. The Morgan fingerprint density at radius 3 is 2.26 bits per heavy atom. The van der Waals surface area contributed by atoms with Gasteiger partial charge in [0.25, 0.3) is 5.91 Å². The molecule has 5 nitrogen and oxygen atoms in total. The van der Waals surface area contributed by atoms with E-state index in [2.05, 4.69) is 29.2 Å². The van der Waals surface area contributed by atoms with Crippen LogP contribution in [0, 0.1) is 0 Å². The number of nitrogens with zero attached hydrogens (tertiary/aromatic N) is 2. The zero-order valence-electron chi connectivity index (χ0n) is 15.5. The molecule has 0 aromatic heterocycles. The third-order valence-corrected chi connectivity index (χ3v) is 5.72. The van der Waals surface area contributed by atoms with Gasteiger partial charge in [-0.2, -0.15) is 0 Å². The Morgan fingerprint density at radius 2 is 1.67 bits per heavy atom. The molecule has 2 fully saturated rings. The number of hydrogen-bond donors (Lipinski definition) is 1. The van der Waals surface area contributed by atoms with Gasteiger partial charge >= 0.3 is 0 Å². The monoisotopic (exact) mass is 366 g/mol. The minimum Gasteiger partial charge on any atom is -0.389 e. The summed E-state index contributed by atoms with van der Waals surface area (Å²) in [5, 5.41) is 11.2. The maximum absolute atomic E-state index is 13.4. The summed E-state index contributed by atoms with van der Waals surface area (Å²) in [6.07, 6.45) is 0.900. The number of amides is 1. The number of aliphatic hydroxyl groups excluding tert-OH is 1. The maximum Gasteiger partial charge on any atom is 0.256 e. The number of piperidine rings is 1. The summed E-state index contributed by atoms with van der Waals surface area (Å²) in [6.45, 7) is 3.05. The second-order valence-electron chi connectivity index (χ2n) is 7.53. The topological polar surface area (TPSA) is 53.0 Å². The van der Waals surface area contributed by atoms with Gasteiger partial charge in [-0.25, -0.2) is 5.06 Å². The van der Waals surface area contributed by atoms with E-state index in [1.165, 1.54) is 10.6 Å². The molecule has 2 aliphatic heterocycles. The molecule has 0 unspecified atom stereocenters. The Balaban J connectivity index is 1.53. The first-order valence-electron chi connectivity index (χ1n) is 9.62. The molecule has 4 rings (SSSR count).